The Bertz CT molecular complexity index is 764. The Morgan fingerprint density at radius 2 is 2.07 bits per heavy atom. The molecule has 1 aliphatic carbocycles. The molecule has 1 heterocycles. The molecule has 8 heteroatoms. The number of benzene rings is 1. The minimum atomic E-state index is -4.31. The topological polar surface area (TPSA) is 54.2 Å². The summed E-state index contributed by atoms with van der Waals surface area (Å²) in [7, 11) is 1.69. The quantitative estimate of drug-likeness (QED) is 0.441. The zero-order valence-electron chi connectivity index (χ0n) is 15.3. The fourth-order valence-electron chi connectivity index (χ4n) is 3.10. The van der Waals surface area contributed by atoms with Gasteiger partial charge in [0.05, 0.1) is 5.56 Å². The van der Waals surface area contributed by atoms with Crippen molar-refractivity contribution in [3.63, 3.8) is 0 Å². The van der Waals surface area contributed by atoms with Gasteiger partial charge in [0.25, 0.3) is 0 Å². The van der Waals surface area contributed by atoms with Crippen LogP contribution in [0.5, 0.6) is 0 Å². The lowest BCUT2D eigenvalue weighted by Crippen LogP contribution is -2.41. The highest BCUT2D eigenvalue weighted by Crippen LogP contribution is 2.48. The third-order valence-corrected chi connectivity index (χ3v) is 4.89. The largest absolute Gasteiger partial charge is 0.416 e. The Balaban J connectivity index is 1.50. The average Bonchev–Trinajstić information content (AvgIpc) is 3.27. The number of nitrogens with zero attached hydrogens (tertiary/aromatic N) is 3. The third kappa shape index (κ3) is 5.02. The van der Waals surface area contributed by atoms with E-state index in [1.165, 1.54) is 12.1 Å². The zero-order chi connectivity index (χ0) is 19.3. The molecule has 0 bridgehead atoms. The second-order valence-electron chi connectivity index (χ2n) is 6.83. The van der Waals surface area contributed by atoms with E-state index >= 15 is 0 Å². The van der Waals surface area contributed by atoms with Crippen LogP contribution in [0, 0.1) is 0 Å². The summed E-state index contributed by atoms with van der Waals surface area (Å²) >= 11 is 0. The minimum absolute atomic E-state index is 0.242. The van der Waals surface area contributed by atoms with Gasteiger partial charge in [-0.05, 0) is 37.0 Å². The molecule has 0 saturated heterocycles. The van der Waals surface area contributed by atoms with E-state index in [0.717, 1.165) is 44.0 Å². The van der Waals surface area contributed by atoms with E-state index in [1.807, 2.05) is 16.9 Å². The lowest BCUT2D eigenvalue weighted by atomic mass is 9.94. The number of halogens is 3. The molecular weight excluding hydrogens is 355 g/mol. The fourth-order valence-corrected chi connectivity index (χ4v) is 3.10. The highest BCUT2D eigenvalue weighted by Gasteiger charge is 2.45. The Morgan fingerprint density at radius 1 is 1.26 bits per heavy atom. The first-order valence-corrected chi connectivity index (χ1v) is 9.03. The highest BCUT2D eigenvalue weighted by atomic mass is 19.4. The van der Waals surface area contributed by atoms with Gasteiger partial charge in [-0.3, -0.25) is 9.67 Å². The molecule has 3 rings (SSSR count). The Kier molecular flexibility index (Phi) is 5.72. The molecule has 0 aliphatic heterocycles. The average molecular weight is 379 g/mol. The molecule has 1 aliphatic rings. The van der Waals surface area contributed by atoms with Gasteiger partial charge in [-0.15, -0.1) is 0 Å². The van der Waals surface area contributed by atoms with Crippen LogP contribution >= 0.6 is 0 Å². The molecule has 5 nitrogen and oxygen atoms in total. The van der Waals surface area contributed by atoms with Crippen LogP contribution in [0.4, 0.5) is 13.2 Å². The Labute approximate surface area is 156 Å². The zero-order valence-corrected chi connectivity index (χ0v) is 15.3. The van der Waals surface area contributed by atoms with E-state index in [4.69, 9.17) is 0 Å². The maximum absolute atomic E-state index is 13.0. The lowest BCUT2D eigenvalue weighted by Gasteiger charge is -2.20. The molecule has 0 radical (unpaired) electrons. The van der Waals surface area contributed by atoms with E-state index in [0.29, 0.717) is 12.5 Å². The van der Waals surface area contributed by atoms with Crippen LogP contribution in [-0.4, -0.2) is 35.9 Å². The first-order valence-electron chi connectivity index (χ1n) is 9.03. The fraction of sp³-hybridized carbons (Fsp3) is 0.474. The number of guanidine groups is 1. The Hall–Kier alpha value is -2.51. The number of aliphatic imine (C=N–C) groups is 1. The first-order chi connectivity index (χ1) is 12.9. The summed E-state index contributed by atoms with van der Waals surface area (Å²) in [6.07, 6.45) is 1.98. The summed E-state index contributed by atoms with van der Waals surface area (Å²) in [5, 5.41) is 10.6. The molecule has 146 valence electrons. The van der Waals surface area contributed by atoms with Crippen molar-refractivity contribution in [3.05, 3.63) is 53.9 Å². The van der Waals surface area contributed by atoms with Gasteiger partial charge >= 0.3 is 6.18 Å². The van der Waals surface area contributed by atoms with Crippen LogP contribution < -0.4 is 10.6 Å². The molecule has 0 unspecified atom stereocenters. The molecule has 27 heavy (non-hydrogen) atoms. The van der Waals surface area contributed by atoms with Gasteiger partial charge in [-0.25, -0.2) is 0 Å². The molecule has 0 spiro atoms. The molecule has 1 fully saturated rings. The van der Waals surface area contributed by atoms with Gasteiger partial charge in [0, 0.05) is 44.5 Å². The van der Waals surface area contributed by atoms with E-state index in [-0.39, 0.29) is 5.41 Å². The van der Waals surface area contributed by atoms with Crippen LogP contribution in [0.2, 0.25) is 0 Å². The van der Waals surface area contributed by atoms with E-state index < -0.39 is 11.7 Å². The monoisotopic (exact) mass is 379 g/mol. The normalized spacial score (nSPS) is 16.2. The summed E-state index contributed by atoms with van der Waals surface area (Å²) in [6.45, 7) is 2.11. The lowest BCUT2D eigenvalue weighted by molar-refractivity contribution is -0.137. The van der Waals surface area contributed by atoms with Crippen LogP contribution in [0.3, 0.4) is 0 Å². The molecular formula is C19H24F3N5. The van der Waals surface area contributed by atoms with E-state index in [2.05, 4.69) is 20.7 Å². The molecule has 0 amide bonds. The van der Waals surface area contributed by atoms with Gasteiger partial charge in [0.1, 0.15) is 0 Å². The molecule has 0 atom stereocenters. The van der Waals surface area contributed by atoms with Gasteiger partial charge in [-0.2, -0.15) is 18.3 Å². The van der Waals surface area contributed by atoms with Crippen LogP contribution in [0.25, 0.3) is 0 Å². The molecule has 2 aromatic rings. The smallest absolute Gasteiger partial charge is 0.356 e. The molecule has 1 saturated carbocycles. The standard InChI is InChI=1S/C19H24F3N5/c1-23-17(24-9-3-11-27-12-4-10-26-27)25-14-18(7-8-18)15-5-2-6-16(13-15)19(20,21)22/h2,4-6,10,12-13H,3,7-9,11,14H2,1H3,(H2,23,24,25). The number of alkyl halides is 3. The predicted molar refractivity (Wildman–Crippen MR) is 98.6 cm³/mol. The van der Waals surface area contributed by atoms with Crippen LogP contribution in [0.1, 0.15) is 30.4 Å². The van der Waals surface area contributed by atoms with E-state index in [9.17, 15) is 13.2 Å². The number of rotatable bonds is 7. The summed E-state index contributed by atoms with van der Waals surface area (Å²) in [4.78, 5) is 4.20. The second kappa shape index (κ2) is 8.02. The van der Waals surface area contributed by atoms with Crippen molar-refractivity contribution < 1.29 is 13.2 Å². The number of hydrogen-bond acceptors (Lipinski definition) is 2. The molecule has 1 aromatic carbocycles. The van der Waals surface area contributed by atoms with Gasteiger partial charge in [-0.1, -0.05) is 18.2 Å². The number of hydrogen-bond donors (Lipinski definition) is 2. The highest BCUT2D eigenvalue weighted by molar-refractivity contribution is 5.79. The van der Waals surface area contributed by atoms with Crippen LogP contribution in [0.15, 0.2) is 47.7 Å². The number of nitrogens with one attached hydrogen (secondary N) is 2. The summed E-state index contributed by atoms with van der Waals surface area (Å²) in [5.74, 6) is 0.661. The number of aromatic nitrogens is 2. The van der Waals surface area contributed by atoms with Gasteiger partial charge in [0.2, 0.25) is 0 Å². The van der Waals surface area contributed by atoms with Gasteiger partial charge < -0.3 is 10.6 Å². The van der Waals surface area contributed by atoms with E-state index in [1.54, 1.807) is 19.3 Å². The maximum Gasteiger partial charge on any atom is 0.416 e. The van der Waals surface area contributed by atoms with Gasteiger partial charge in [0.15, 0.2) is 5.96 Å². The number of aryl methyl sites for hydroxylation is 1. The first kappa shape index (κ1) is 19.3. The van der Waals surface area contributed by atoms with Crippen molar-refractivity contribution >= 4 is 5.96 Å². The predicted octanol–water partition coefficient (Wildman–Crippen LogP) is 3.19. The summed E-state index contributed by atoms with van der Waals surface area (Å²) < 4.78 is 40.8. The minimum Gasteiger partial charge on any atom is -0.356 e. The Morgan fingerprint density at radius 3 is 2.70 bits per heavy atom. The molecule has 2 N–H and O–H groups in total. The van der Waals surface area contributed by atoms with Crippen molar-refractivity contribution in [1.82, 2.24) is 20.4 Å². The third-order valence-electron chi connectivity index (χ3n) is 4.89. The molecule has 1 aromatic heterocycles. The van der Waals surface area contributed by atoms with Crippen molar-refractivity contribution in [1.29, 1.82) is 0 Å². The summed E-state index contributed by atoms with van der Waals surface area (Å²) in [5.41, 5.74) is -0.0973. The van der Waals surface area contributed by atoms with Crippen molar-refractivity contribution in [2.45, 2.75) is 37.4 Å². The van der Waals surface area contributed by atoms with Crippen molar-refractivity contribution in [3.8, 4) is 0 Å². The SMILES string of the molecule is CN=C(NCCCn1cccn1)NCC1(c2cccc(C(F)(F)F)c2)CC1. The van der Waals surface area contributed by atoms with Crippen LogP contribution in [-0.2, 0) is 18.1 Å². The maximum atomic E-state index is 13.0. The second-order valence-corrected chi connectivity index (χ2v) is 6.83. The van der Waals surface area contributed by atoms with Crippen molar-refractivity contribution in [2.75, 3.05) is 20.1 Å². The summed E-state index contributed by atoms with van der Waals surface area (Å²) in [6, 6.07) is 7.55. The van der Waals surface area contributed by atoms with Crippen molar-refractivity contribution in [2.24, 2.45) is 4.99 Å².